The Bertz CT molecular complexity index is 608. The smallest absolute Gasteiger partial charge is 0.227 e. The highest BCUT2D eigenvalue weighted by Crippen LogP contribution is 2.22. The molecule has 0 saturated heterocycles. The fourth-order valence-corrected chi connectivity index (χ4v) is 2.36. The first-order chi connectivity index (χ1) is 9.97. The highest BCUT2D eigenvalue weighted by molar-refractivity contribution is 9.10. The van der Waals surface area contributed by atoms with Gasteiger partial charge in [0.25, 0.3) is 0 Å². The zero-order valence-electron chi connectivity index (χ0n) is 12.1. The average Bonchev–Trinajstić information content (AvgIpc) is 2.49. The molecule has 0 heterocycles. The third-order valence-electron chi connectivity index (χ3n) is 3.62. The fourth-order valence-electron chi connectivity index (χ4n) is 2.09. The SMILES string of the molecule is CC(c1ccc(O)cc1)N(C)C(=O)Cc1ccc(Br)cc1. The highest BCUT2D eigenvalue weighted by atomic mass is 79.9. The molecule has 0 spiro atoms. The van der Waals surface area contributed by atoms with Crippen LogP contribution in [0.25, 0.3) is 0 Å². The van der Waals surface area contributed by atoms with Gasteiger partial charge in [-0.2, -0.15) is 0 Å². The van der Waals surface area contributed by atoms with Crippen LogP contribution >= 0.6 is 15.9 Å². The zero-order valence-corrected chi connectivity index (χ0v) is 13.7. The number of carbonyl (C=O) groups is 1. The Morgan fingerprint density at radius 3 is 2.29 bits per heavy atom. The topological polar surface area (TPSA) is 40.5 Å². The molecule has 0 fully saturated rings. The Kier molecular flexibility index (Phi) is 5.02. The summed E-state index contributed by atoms with van der Waals surface area (Å²) in [5, 5.41) is 9.32. The van der Waals surface area contributed by atoms with Crippen molar-refractivity contribution in [2.24, 2.45) is 0 Å². The summed E-state index contributed by atoms with van der Waals surface area (Å²) in [6.07, 6.45) is 0.381. The molecule has 0 saturated carbocycles. The molecule has 0 bridgehead atoms. The monoisotopic (exact) mass is 347 g/mol. The van der Waals surface area contributed by atoms with Gasteiger partial charge in [0.2, 0.25) is 5.91 Å². The lowest BCUT2D eigenvalue weighted by Crippen LogP contribution is -2.30. The van der Waals surface area contributed by atoms with Gasteiger partial charge in [-0.05, 0) is 42.3 Å². The quantitative estimate of drug-likeness (QED) is 0.910. The third kappa shape index (κ3) is 4.08. The van der Waals surface area contributed by atoms with Crippen LogP contribution in [0.2, 0.25) is 0 Å². The van der Waals surface area contributed by atoms with Crippen molar-refractivity contribution in [3.63, 3.8) is 0 Å². The largest absolute Gasteiger partial charge is 0.508 e. The minimum Gasteiger partial charge on any atom is -0.508 e. The number of amides is 1. The van der Waals surface area contributed by atoms with E-state index in [1.54, 1.807) is 24.1 Å². The van der Waals surface area contributed by atoms with Gasteiger partial charge in [0, 0.05) is 11.5 Å². The van der Waals surface area contributed by atoms with Crippen LogP contribution in [0, 0.1) is 0 Å². The number of aromatic hydroxyl groups is 1. The minimum atomic E-state index is -0.0338. The van der Waals surface area contributed by atoms with Crippen LogP contribution in [0.4, 0.5) is 0 Å². The van der Waals surface area contributed by atoms with Crippen molar-refractivity contribution in [3.8, 4) is 5.75 Å². The second-order valence-electron chi connectivity index (χ2n) is 5.08. The second kappa shape index (κ2) is 6.76. The van der Waals surface area contributed by atoms with Crippen molar-refractivity contribution in [1.82, 2.24) is 4.90 Å². The Morgan fingerprint density at radius 2 is 1.71 bits per heavy atom. The number of likely N-dealkylation sites (N-methyl/N-ethyl adjacent to an activating group) is 1. The first-order valence-corrected chi connectivity index (χ1v) is 7.55. The van der Waals surface area contributed by atoms with E-state index in [9.17, 15) is 9.90 Å². The molecular formula is C17H18BrNO2. The maximum absolute atomic E-state index is 12.3. The number of hydrogen-bond donors (Lipinski definition) is 1. The molecule has 2 aromatic rings. The summed E-state index contributed by atoms with van der Waals surface area (Å²) >= 11 is 3.38. The summed E-state index contributed by atoms with van der Waals surface area (Å²) in [7, 11) is 1.80. The van der Waals surface area contributed by atoms with Gasteiger partial charge in [-0.25, -0.2) is 0 Å². The number of phenols is 1. The van der Waals surface area contributed by atoms with Gasteiger partial charge in [-0.3, -0.25) is 4.79 Å². The zero-order chi connectivity index (χ0) is 15.4. The van der Waals surface area contributed by atoms with E-state index in [0.717, 1.165) is 15.6 Å². The summed E-state index contributed by atoms with van der Waals surface area (Å²) in [5.41, 5.74) is 1.99. The number of carbonyl (C=O) groups excluding carboxylic acids is 1. The lowest BCUT2D eigenvalue weighted by atomic mass is 10.1. The summed E-state index contributed by atoms with van der Waals surface area (Å²) in [5.74, 6) is 0.299. The van der Waals surface area contributed by atoms with E-state index < -0.39 is 0 Å². The number of halogens is 1. The highest BCUT2D eigenvalue weighted by Gasteiger charge is 2.17. The summed E-state index contributed by atoms with van der Waals surface area (Å²) in [4.78, 5) is 14.1. The number of rotatable bonds is 4. The van der Waals surface area contributed by atoms with Crippen LogP contribution in [0.5, 0.6) is 5.75 Å². The van der Waals surface area contributed by atoms with Crippen molar-refractivity contribution in [2.75, 3.05) is 7.05 Å². The van der Waals surface area contributed by atoms with Crippen molar-refractivity contribution in [2.45, 2.75) is 19.4 Å². The molecule has 1 N–H and O–H groups in total. The molecule has 0 radical (unpaired) electrons. The van der Waals surface area contributed by atoms with Gasteiger partial charge in [0.1, 0.15) is 5.75 Å². The lowest BCUT2D eigenvalue weighted by Gasteiger charge is -2.25. The summed E-state index contributed by atoms with van der Waals surface area (Å²) in [6, 6.07) is 14.7. The summed E-state index contributed by atoms with van der Waals surface area (Å²) in [6.45, 7) is 1.98. The van der Waals surface area contributed by atoms with E-state index in [2.05, 4.69) is 15.9 Å². The molecule has 0 aliphatic heterocycles. The lowest BCUT2D eigenvalue weighted by molar-refractivity contribution is -0.131. The maximum Gasteiger partial charge on any atom is 0.227 e. The van der Waals surface area contributed by atoms with E-state index >= 15 is 0 Å². The van der Waals surface area contributed by atoms with E-state index in [0.29, 0.717) is 6.42 Å². The Balaban J connectivity index is 2.04. The predicted octanol–water partition coefficient (Wildman–Crippen LogP) is 3.92. The number of benzene rings is 2. The number of nitrogens with zero attached hydrogens (tertiary/aromatic N) is 1. The first kappa shape index (κ1) is 15.6. The van der Waals surface area contributed by atoms with Crippen LogP contribution in [0.15, 0.2) is 53.0 Å². The van der Waals surface area contributed by atoms with Crippen molar-refractivity contribution < 1.29 is 9.90 Å². The Morgan fingerprint density at radius 1 is 1.14 bits per heavy atom. The number of phenolic OH excluding ortho intramolecular Hbond substituents is 1. The Hall–Kier alpha value is -1.81. The molecule has 1 atom stereocenters. The summed E-state index contributed by atoms with van der Waals surface area (Å²) < 4.78 is 1.00. The molecule has 0 aliphatic rings. The van der Waals surface area contributed by atoms with E-state index in [1.165, 1.54) is 0 Å². The minimum absolute atomic E-state index is 0.0338. The van der Waals surface area contributed by atoms with Gasteiger partial charge in [-0.1, -0.05) is 40.2 Å². The molecule has 21 heavy (non-hydrogen) atoms. The van der Waals surface area contributed by atoms with Crippen LogP contribution in [-0.2, 0) is 11.2 Å². The van der Waals surface area contributed by atoms with E-state index in [4.69, 9.17) is 0 Å². The van der Waals surface area contributed by atoms with Gasteiger partial charge in [0.15, 0.2) is 0 Å². The molecule has 1 amide bonds. The van der Waals surface area contributed by atoms with Crippen molar-refractivity contribution in [1.29, 1.82) is 0 Å². The molecular weight excluding hydrogens is 330 g/mol. The maximum atomic E-state index is 12.3. The van der Waals surface area contributed by atoms with Gasteiger partial charge in [0.05, 0.1) is 12.5 Å². The number of hydrogen-bond acceptors (Lipinski definition) is 2. The Labute approximate surface area is 133 Å². The van der Waals surface area contributed by atoms with Crippen molar-refractivity contribution in [3.05, 3.63) is 64.1 Å². The fraction of sp³-hybridized carbons (Fsp3) is 0.235. The molecule has 2 rings (SSSR count). The molecule has 0 aromatic heterocycles. The normalized spacial score (nSPS) is 12.0. The third-order valence-corrected chi connectivity index (χ3v) is 4.15. The molecule has 4 heteroatoms. The molecule has 3 nitrogen and oxygen atoms in total. The van der Waals surface area contributed by atoms with Crippen LogP contribution in [-0.4, -0.2) is 23.0 Å². The van der Waals surface area contributed by atoms with Gasteiger partial charge >= 0.3 is 0 Å². The van der Waals surface area contributed by atoms with Crippen LogP contribution < -0.4 is 0 Å². The van der Waals surface area contributed by atoms with Crippen LogP contribution in [0.3, 0.4) is 0 Å². The van der Waals surface area contributed by atoms with E-state index in [1.807, 2.05) is 43.3 Å². The molecule has 2 aromatic carbocycles. The molecule has 110 valence electrons. The first-order valence-electron chi connectivity index (χ1n) is 6.76. The predicted molar refractivity (Wildman–Crippen MR) is 87.1 cm³/mol. The van der Waals surface area contributed by atoms with Crippen LogP contribution in [0.1, 0.15) is 24.1 Å². The molecule has 0 aliphatic carbocycles. The standard InChI is InChI=1S/C17H18BrNO2/c1-12(14-5-9-16(20)10-6-14)19(2)17(21)11-13-3-7-15(18)8-4-13/h3-10,12,20H,11H2,1-2H3. The van der Waals surface area contributed by atoms with E-state index in [-0.39, 0.29) is 17.7 Å². The molecule has 1 unspecified atom stereocenters. The van der Waals surface area contributed by atoms with Gasteiger partial charge in [-0.15, -0.1) is 0 Å². The van der Waals surface area contributed by atoms with Crippen molar-refractivity contribution >= 4 is 21.8 Å². The average molecular weight is 348 g/mol. The van der Waals surface area contributed by atoms with Gasteiger partial charge < -0.3 is 10.0 Å². The second-order valence-corrected chi connectivity index (χ2v) is 5.99.